The van der Waals surface area contributed by atoms with Gasteiger partial charge in [0.1, 0.15) is 7.14 Å². The minimum absolute atomic E-state index is 0.431. The van der Waals surface area contributed by atoms with Gasteiger partial charge in [0.2, 0.25) is 0 Å². The first-order chi connectivity index (χ1) is 11.8. The predicted molar refractivity (Wildman–Crippen MR) is 105 cm³/mol. The quantitative estimate of drug-likeness (QED) is 0.583. The zero-order valence-electron chi connectivity index (χ0n) is 14.6. The first-order valence-corrected chi connectivity index (χ1v) is 11.7. The van der Waals surface area contributed by atoms with Gasteiger partial charge in [0.05, 0.1) is 0 Å². The van der Waals surface area contributed by atoms with Crippen molar-refractivity contribution in [3.63, 3.8) is 0 Å². The molecule has 0 atom stereocenters. The van der Waals surface area contributed by atoms with Crippen molar-refractivity contribution in [1.82, 2.24) is 0 Å². The van der Waals surface area contributed by atoms with Crippen LogP contribution in [0.25, 0.3) is 10.8 Å². The highest BCUT2D eigenvalue weighted by Gasteiger charge is 2.43. The van der Waals surface area contributed by atoms with Crippen molar-refractivity contribution in [1.29, 1.82) is 0 Å². The normalized spacial score (nSPS) is 21.2. The Morgan fingerprint density at radius 2 is 1.21 bits per heavy atom. The zero-order chi connectivity index (χ0) is 16.4. The van der Waals surface area contributed by atoms with Crippen molar-refractivity contribution >= 4 is 23.2 Å². The Morgan fingerprint density at radius 1 is 0.667 bits per heavy atom. The van der Waals surface area contributed by atoms with Gasteiger partial charge in [0.15, 0.2) is 0 Å². The SMILES string of the molecule is O=P(c1cccc2ccccc12)(C1CCCCC1)C1CCCCC1. The van der Waals surface area contributed by atoms with Crippen molar-refractivity contribution in [2.75, 3.05) is 0 Å². The molecule has 2 aromatic rings. The van der Waals surface area contributed by atoms with E-state index < -0.39 is 7.14 Å². The molecule has 2 aromatic carbocycles. The second kappa shape index (κ2) is 7.04. The summed E-state index contributed by atoms with van der Waals surface area (Å²) in [6.07, 6.45) is 12.5. The molecule has 24 heavy (non-hydrogen) atoms. The van der Waals surface area contributed by atoms with Crippen LogP contribution < -0.4 is 5.30 Å². The number of fused-ring (bicyclic) bond motifs is 1. The van der Waals surface area contributed by atoms with Crippen LogP contribution in [0.5, 0.6) is 0 Å². The number of hydrogen-bond donors (Lipinski definition) is 0. The molecule has 2 saturated carbocycles. The molecule has 2 aliphatic rings. The van der Waals surface area contributed by atoms with Crippen molar-refractivity contribution in [3.05, 3.63) is 42.5 Å². The largest absolute Gasteiger partial charge is 0.318 e. The van der Waals surface area contributed by atoms with Gasteiger partial charge in [-0.3, -0.25) is 0 Å². The molecule has 4 rings (SSSR count). The molecule has 128 valence electrons. The molecular formula is C22H29OP. The van der Waals surface area contributed by atoms with Crippen molar-refractivity contribution in [3.8, 4) is 0 Å². The molecule has 1 nitrogen and oxygen atoms in total. The summed E-state index contributed by atoms with van der Waals surface area (Å²) < 4.78 is 14.7. The van der Waals surface area contributed by atoms with Gasteiger partial charge in [-0.25, -0.2) is 0 Å². The van der Waals surface area contributed by atoms with Crippen LogP contribution in [0.1, 0.15) is 64.2 Å². The first kappa shape index (κ1) is 16.4. The third-order valence-corrected chi connectivity index (χ3v) is 10.7. The molecule has 0 aromatic heterocycles. The summed E-state index contributed by atoms with van der Waals surface area (Å²) >= 11 is 0. The Morgan fingerprint density at radius 3 is 1.83 bits per heavy atom. The van der Waals surface area contributed by atoms with Gasteiger partial charge >= 0.3 is 0 Å². The maximum absolute atomic E-state index is 14.7. The minimum Gasteiger partial charge on any atom is -0.318 e. The highest BCUT2D eigenvalue weighted by atomic mass is 31.2. The van der Waals surface area contributed by atoms with Crippen LogP contribution in [-0.4, -0.2) is 11.3 Å². The van der Waals surface area contributed by atoms with Crippen LogP contribution in [0.3, 0.4) is 0 Å². The summed E-state index contributed by atoms with van der Waals surface area (Å²) in [6, 6.07) is 15.1. The Labute approximate surface area is 146 Å². The van der Waals surface area contributed by atoms with E-state index in [0.29, 0.717) is 11.3 Å². The fraction of sp³-hybridized carbons (Fsp3) is 0.545. The summed E-state index contributed by atoms with van der Waals surface area (Å²) in [7, 11) is -2.37. The average Bonchev–Trinajstić information content (AvgIpc) is 2.68. The van der Waals surface area contributed by atoms with Crippen LogP contribution >= 0.6 is 7.14 Å². The molecule has 0 bridgehead atoms. The molecule has 0 unspecified atom stereocenters. The lowest BCUT2D eigenvalue weighted by Gasteiger charge is -2.39. The van der Waals surface area contributed by atoms with E-state index in [9.17, 15) is 4.57 Å². The van der Waals surface area contributed by atoms with E-state index in [0.717, 1.165) is 0 Å². The van der Waals surface area contributed by atoms with Crippen molar-refractivity contribution < 1.29 is 4.57 Å². The average molecular weight is 340 g/mol. The van der Waals surface area contributed by atoms with Crippen molar-refractivity contribution in [2.24, 2.45) is 0 Å². The van der Waals surface area contributed by atoms with Gasteiger partial charge in [-0.15, -0.1) is 0 Å². The fourth-order valence-electron chi connectivity index (χ4n) is 5.13. The molecule has 2 fully saturated rings. The summed E-state index contributed by atoms with van der Waals surface area (Å²) in [5, 5.41) is 3.71. The molecular weight excluding hydrogens is 311 g/mol. The van der Waals surface area contributed by atoms with E-state index in [1.54, 1.807) is 0 Å². The molecule has 0 N–H and O–H groups in total. The Balaban J connectivity index is 1.86. The lowest BCUT2D eigenvalue weighted by molar-refractivity contribution is 0.453. The van der Waals surface area contributed by atoms with Gasteiger partial charge in [0, 0.05) is 16.6 Å². The van der Waals surface area contributed by atoms with Crippen LogP contribution in [0, 0.1) is 0 Å². The first-order valence-electron chi connectivity index (χ1n) is 9.88. The zero-order valence-corrected chi connectivity index (χ0v) is 15.5. The lowest BCUT2D eigenvalue weighted by Crippen LogP contribution is -2.30. The third-order valence-electron chi connectivity index (χ3n) is 6.38. The van der Waals surface area contributed by atoms with Crippen LogP contribution in [0.15, 0.2) is 42.5 Å². The van der Waals surface area contributed by atoms with E-state index in [1.807, 2.05) is 0 Å². The van der Waals surface area contributed by atoms with E-state index in [2.05, 4.69) is 42.5 Å². The highest BCUT2D eigenvalue weighted by molar-refractivity contribution is 7.73. The molecule has 0 aliphatic heterocycles. The van der Waals surface area contributed by atoms with E-state index in [-0.39, 0.29) is 0 Å². The molecule has 0 amide bonds. The van der Waals surface area contributed by atoms with E-state index in [4.69, 9.17) is 0 Å². The smallest absolute Gasteiger partial charge is 0.122 e. The molecule has 0 saturated heterocycles. The monoisotopic (exact) mass is 340 g/mol. The van der Waals surface area contributed by atoms with Crippen LogP contribution in [0.4, 0.5) is 0 Å². The number of hydrogen-bond acceptors (Lipinski definition) is 1. The van der Waals surface area contributed by atoms with Gasteiger partial charge in [-0.05, 0) is 36.5 Å². The van der Waals surface area contributed by atoms with Gasteiger partial charge < -0.3 is 4.57 Å². The van der Waals surface area contributed by atoms with E-state index in [1.165, 1.54) is 80.3 Å². The molecule has 0 spiro atoms. The van der Waals surface area contributed by atoms with Gasteiger partial charge in [-0.2, -0.15) is 0 Å². The molecule has 0 heterocycles. The highest BCUT2D eigenvalue weighted by Crippen LogP contribution is 2.62. The minimum atomic E-state index is -2.37. The summed E-state index contributed by atoms with van der Waals surface area (Å²) in [5.41, 5.74) is 0.861. The Hall–Kier alpha value is -1.07. The maximum Gasteiger partial charge on any atom is 0.122 e. The van der Waals surface area contributed by atoms with Crippen LogP contribution in [-0.2, 0) is 4.57 Å². The second-order valence-corrected chi connectivity index (χ2v) is 11.2. The third kappa shape index (κ3) is 2.86. The molecule has 2 heteroatoms. The van der Waals surface area contributed by atoms with Gasteiger partial charge in [-0.1, -0.05) is 81.0 Å². The summed E-state index contributed by atoms with van der Waals surface area (Å²) in [4.78, 5) is 0. The summed E-state index contributed by atoms with van der Waals surface area (Å²) in [6.45, 7) is 0. The Bertz CT molecular complexity index is 711. The maximum atomic E-state index is 14.7. The fourth-order valence-corrected chi connectivity index (χ4v) is 9.68. The number of rotatable bonds is 3. The summed E-state index contributed by atoms with van der Waals surface area (Å²) in [5.74, 6) is 0. The molecule has 0 radical (unpaired) electrons. The molecule has 2 aliphatic carbocycles. The van der Waals surface area contributed by atoms with E-state index >= 15 is 0 Å². The topological polar surface area (TPSA) is 17.1 Å². The standard InChI is InChI=1S/C22H29OP/c23-24(19-12-3-1-4-13-19,20-14-5-2-6-15-20)22-17-9-11-18-10-7-8-16-21(18)22/h7-11,16-17,19-20H,1-6,12-15H2. The van der Waals surface area contributed by atoms with Crippen LogP contribution in [0.2, 0.25) is 0 Å². The van der Waals surface area contributed by atoms with Crippen molar-refractivity contribution in [2.45, 2.75) is 75.5 Å². The predicted octanol–water partition coefficient (Wildman–Crippen LogP) is 6.49. The Kier molecular flexibility index (Phi) is 4.81. The lowest BCUT2D eigenvalue weighted by atomic mass is 9.99. The number of benzene rings is 2. The van der Waals surface area contributed by atoms with Gasteiger partial charge in [0.25, 0.3) is 0 Å². The second-order valence-electron chi connectivity index (χ2n) is 7.79.